The summed E-state index contributed by atoms with van der Waals surface area (Å²) in [6.07, 6.45) is 1.65. The highest BCUT2D eigenvalue weighted by molar-refractivity contribution is 5.90. The molecule has 0 aliphatic carbocycles. The van der Waals surface area contributed by atoms with Crippen molar-refractivity contribution in [2.45, 2.75) is 13.8 Å². The quantitative estimate of drug-likeness (QED) is 0.619. The summed E-state index contributed by atoms with van der Waals surface area (Å²) < 4.78 is 10.9. The van der Waals surface area contributed by atoms with Crippen LogP contribution in [-0.4, -0.2) is 22.7 Å². The maximum absolute atomic E-state index is 11.4. The summed E-state index contributed by atoms with van der Waals surface area (Å²) in [6.45, 7) is 3.61. The number of benzene rings is 2. The minimum Gasteiger partial charge on any atom is -0.454 e. The molecule has 0 fully saturated rings. The van der Waals surface area contributed by atoms with E-state index in [9.17, 15) is 4.79 Å². The van der Waals surface area contributed by atoms with Gasteiger partial charge in [-0.2, -0.15) is 4.98 Å². The summed E-state index contributed by atoms with van der Waals surface area (Å²) >= 11 is 0. The highest BCUT2D eigenvalue weighted by Crippen LogP contribution is 2.39. The van der Waals surface area contributed by atoms with Crippen LogP contribution in [0, 0.1) is 6.92 Å². The van der Waals surface area contributed by atoms with Crippen molar-refractivity contribution in [3.05, 3.63) is 54.2 Å². The molecule has 0 atom stereocenters. The normalized spacial score (nSPS) is 11.8. The maximum atomic E-state index is 11.4. The molecule has 2 heterocycles. The van der Waals surface area contributed by atoms with E-state index in [1.165, 1.54) is 6.92 Å². The Labute approximate surface area is 161 Å². The molecule has 0 unspecified atom stereocenters. The molecule has 142 valence electrons. The van der Waals surface area contributed by atoms with Crippen molar-refractivity contribution in [3.8, 4) is 11.5 Å². The number of hydrogen-bond donors (Lipinski definition) is 3. The van der Waals surface area contributed by atoms with E-state index in [1.807, 2.05) is 43.3 Å². The standard InChI is InChI=1S/C20H19N5O3/c1-12-6-7-14(10-16(12)22-13(2)26)23-20-21-9-8-18(25-20)24-15-4-3-5-17-19(15)28-11-27-17/h3-10H,11H2,1-2H3,(H,22,26)(H2,21,23,24,25). The van der Waals surface area contributed by atoms with Gasteiger partial charge in [0.2, 0.25) is 18.6 Å². The largest absolute Gasteiger partial charge is 0.454 e. The lowest BCUT2D eigenvalue weighted by Gasteiger charge is -2.12. The molecular weight excluding hydrogens is 358 g/mol. The number of amides is 1. The van der Waals surface area contributed by atoms with Crippen molar-refractivity contribution < 1.29 is 14.3 Å². The molecule has 0 radical (unpaired) electrons. The molecule has 0 spiro atoms. The molecule has 0 bridgehead atoms. The SMILES string of the molecule is CC(=O)Nc1cc(Nc2nccc(Nc3cccc4c3OCO4)n2)ccc1C. The molecule has 1 aliphatic heterocycles. The molecule has 3 aromatic rings. The summed E-state index contributed by atoms with van der Waals surface area (Å²) in [7, 11) is 0. The third-order valence-electron chi connectivity index (χ3n) is 4.12. The van der Waals surface area contributed by atoms with Crippen molar-refractivity contribution >= 4 is 34.7 Å². The topological polar surface area (TPSA) is 97.4 Å². The second-order valence-electron chi connectivity index (χ2n) is 6.27. The zero-order valence-electron chi connectivity index (χ0n) is 15.4. The van der Waals surface area contributed by atoms with Gasteiger partial charge in [-0.15, -0.1) is 0 Å². The number of nitrogens with zero attached hydrogens (tertiary/aromatic N) is 2. The average molecular weight is 377 g/mol. The van der Waals surface area contributed by atoms with Crippen molar-refractivity contribution in [2.24, 2.45) is 0 Å². The Bertz CT molecular complexity index is 1040. The van der Waals surface area contributed by atoms with E-state index in [2.05, 4.69) is 25.9 Å². The lowest BCUT2D eigenvalue weighted by molar-refractivity contribution is -0.114. The Morgan fingerprint density at radius 2 is 1.96 bits per heavy atom. The number of rotatable bonds is 5. The Morgan fingerprint density at radius 3 is 2.82 bits per heavy atom. The van der Waals surface area contributed by atoms with Gasteiger partial charge in [-0.25, -0.2) is 4.98 Å². The lowest BCUT2D eigenvalue weighted by Crippen LogP contribution is -2.07. The number of para-hydroxylation sites is 1. The Hall–Kier alpha value is -3.81. The monoisotopic (exact) mass is 377 g/mol. The van der Waals surface area contributed by atoms with Gasteiger partial charge in [0, 0.05) is 24.5 Å². The van der Waals surface area contributed by atoms with Crippen LogP contribution >= 0.6 is 0 Å². The summed E-state index contributed by atoms with van der Waals surface area (Å²) in [5, 5.41) is 9.19. The van der Waals surface area contributed by atoms with Gasteiger partial charge < -0.3 is 25.4 Å². The molecule has 28 heavy (non-hydrogen) atoms. The van der Waals surface area contributed by atoms with Gasteiger partial charge in [-0.05, 0) is 42.8 Å². The first-order chi connectivity index (χ1) is 13.6. The van der Waals surface area contributed by atoms with Crippen molar-refractivity contribution in [1.82, 2.24) is 9.97 Å². The third-order valence-corrected chi connectivity index (χ3v) is 4.12. The van der Waals surface area contributed by atoms with Crippen molar-refractivity contribution in [1.29, 1.82) is 0 Å². The van der Waals surface area contributed by atoms with Gasteiger partial charge in [0.05, 0.1) is 5.69 Å². The maximum Gasteiger partial charge on any atom is 0.231 e. The van der Waals surface area contributed by atoms with Gasteiger partial charge in [0.25, 0.3) is 0 Å². The van der Waals surface area contributed by atoms with Crippen LogP contribution in [0.25, 0.3) is 0 Å². The Balaban J connectivity index is 1.53. The van der Waals surface area contributed by atoms with Gasteiger partial charge in [0.15, 0.2) is 11.5 Å². The molecule has 2 aromatic carbocycles. The van der Waals surface area contributed by atoms with E-state index in [4.69, 9.17) is 9.47 Å². The van der Waals surface area contributed by atoms with Crippen LogP contribution in [0.4, 0.5) is 28.8 Å². The molecule has 1 aromatic heterocycles. The fourth-order valence-corrected chi connectivity index (χ4v) is 2.81. The predicted molar refractivity (Wildman–Crippen MR) is 107 cm³/mol. The number of aromatic nitrogens is 2. The number of aryl methyl sites for hydroxylation is 1. The van der Waals surface area contributed by atoms with Gasteiger partial charge in [-0.3, -0.25) is 4.79 Å². The van der Waals surface area contributed by atoms with E-state index >= 15 is 0 Å². The predicted octanol–water partition coefficient (Wildman–Crippen LogP) is 3.96. The van der Waals surface area contributed by atoms with Crippen LogP contribution in [0.15, 0.2) is 48.7 Å². The Morgan fingerprint density at radius 1 is 1.07 bits per heavy atom. The molecule has 8 heteroatoms. The van der Waals surface area contributed by atoms with Crippen LogP contribution in [0.1, 0.15) is 12.5 Å². The molecule has 0 saturated heterocycles. The lowest BCUT2D eigenvalue weighted by atomic mass is 10.2. The van der Waals surface area contributed by atoms with Crippen molar-refractivity contribution in [3.63, 3.8) is 0 Å². The van der Waals surface area contributed by atoms with Crippen LogP contribution < -0.4 is 25.4 Å². The molecule has 8 nitrogen and oxygen atoms in total. The smallest absolute Gasteiger partial charge is 0.231 e. The average Bonchev–Trinajstić information content (AvgIpc) is 3.14. The second kappa shape index (κ2) is 7.43. The molecule has 1 amide bonds. The van der Waals surface area contributed by atoms with Gasteiger partial charge in [0.1, 0.15) is 5.82 Å². The van der Waals surface area contributed by atoms with E-state index in [1.54, 1.807) is 12.3 Å². The highest BCUT2D eigenvalue weighted by Gasteiger charge is 2.17. The molecule has 3 N–H and O–H groups in total. The zero-order chi connectivity index (χ0) is 19.5. The van der Waals surface area contributed by atoms with Gasteiger partial charge >= 0.3 is 0 Å². The van der Waals surface area contributed by atoms with Crippen LogP contribution in [0.5, 0.6) is 11.5 Å². The fraction of sp³-hybridized carbons (Fsp3) is 0.150. The number of nitrogens with one attached hydrogen (secondary N) is 3. The number of carbonyl (C=O) groups excluding carboxylic acids is 1. The number of ether oxygens (including phenoxy) is 2. The Kier molecular flexibility index (Phi) is 4.67. The van der Waals surface area contributed by atoms with Crippen molar-refractivity contribution in [2.75, 3.05) is 22.7 Å². The van der Waals surface area contributed by atoms with Gasteiger partial charge in [-0.1, -0.05) is 12.1 Å². The van der Waals surface area contributed by atoms with Crippen LogP contribution in [0.2, 0.25) is 0 Å². The number of carbonyl (C=O) groups is 1. The van der Waals surface area contributed by atoms with E-state index in [-0.39, 0.29) is 12.7 Å². The molecule has 1 aliphatic rings. The summed E-state index contributed by atoms with van der Waals surface area (Å²) in [6, 6.07) is 13.0. The second-order valence-corrected chi connectivity index (χ2v) is 6.27. The first-order valence-electron chi connectivity index (χ1n) is 8.72. The number of fused-ring (bicyclic) bond motifs is 1. The number of hydrogen-bond acceptors (Lipinski definition) is 7. The minimum atomic E-state index is -0.121. The first-order valence-corrected chi connectivity index (χ1v) is 8.72. The molecular formula is C20H19N5O3. The highest BCUT2D eigenvalue weighted by atomic mass is 16.7. The van der Waals surface area contributed by atoms with E-state index in [0.29, 0.717) is 23.3 Å². The first kappa shape index (κ1) is 17.6. The minimum absolute atomic E-state index is 0.121. The van der Waals surface area contributed by atoms with E-state index < -0.39 is 0 Å². The summed E-state index contributed by atoms with van der Waals surface area (Å²) in [5.74, 6) is 2.27. The third kappa shape index (κ3) is 3.80. The zero-order valence-corrected chi connectivity index (χ0v) is 15.4. The molecule has 0 saturated carbocycles. The fourth-order valence-electron chi connectivity index (χ4n) is 2.81. The van der Waals surface area contributed by atoms with E-state index in [0.717, 1.165) is 22.6 Å². The molecule has 4 rings (SSSR count). The summed E-state index contributed by atoms with van der Waals surface area (Å²) in [4.78, 5) is 20.1. The summed E-state index contributed by atoms with van der Waals surface area (Å²) in [5.41, 5.74) is 3.24. The van der Waals surface area contributed by atoms with Crippen LogP contribution in [0.3, 0.4) is 0 Å². The van der Waals surface area contributed by atoms with Crippen LogP contribution in [-0.2, 0) is 4.79 Å². The number of anilines is 5.